The van der Waals surface area contributed by atoms with Crippen LogP contribution >= 0.6 is 0 Å². The maximum atomic E-state index is 12.1. The summed E-state index contributed by atoms with van der Waals surface area (Å²) in [5, 5.41) is 9.78. The Labute approximate surface area is 105 Å². The molecule has 0 aromatic heterocycles. The first-order chi connectivity index (χ1) is 7.73. The summed E-state index contributed by atoms with van der Waals surface area (Å²) >= 11 is 0. The van der Waals surface area contributed by atoms with E-state index in [0.29, 0.717) is 6.42 Å². The summed E-state index contributed by atoms with van der Waals surface area (Å²) in [6.45, 7) is 10.4. The van der Waals surface area contributed by atoms with Gasteiger partial charge in [-0.05, 0) is 31.1 Å². The lowest BCUT2D eigenvalue weighted by Gasteiger charge is -2.32. The molecule has 0 saturated heterocycles. The minimum absolute atomic E-state index is 0.0384. The number of rotatable bonds is 4. The van der Waals surface area contributed by atoms with Crippen molar-refractivity contribution in [1.29, 1.82) is 0 Å². The molecular weight excluding hydrogens is 212 g/mol. The molecule has 0 amide bonds. The Morgan fingerprint density at radius 1 is 1.53 bits per heavy atom. The second-order valence-electron chi connectivity index (χ2n) is 6.45. The van der Waals surface area contributed by atoms with Gasteiger partial charge in [0.25, 0.3) is 0 Å². The Morgan fingerprint density at radius 2 is 2.12 bits per heavy atom. The van der Waals surface area contributed by atoms with E-state index in [-0.39, 0.29) is 23.0 Å². The van der Waals surface area contributed by atoms with E-state index in [2.05, 4.69) is 19.9 Å². The minimum Gasteiger partial charge on any atom is -0.392 e. The van der Waals surface area contributed by atoms with Gasteiger partial charge in [-0.15, -0.1) is 0 Å². The monoisotopic (exact) mass is 238 g/mol. The maximum Gasteiger partial charge on any atom is 0.142 e. The van der Waals surface area contributed by atoms with Crippen LogP contribution in [0.3, 0.4) is 0 Å². The number of Topliss-reactive ketones (excluding diaryl/α,β-unsaturated/α-hetero) is 1. The van der Waals surface area contributed by atoms with Crippen LogP contribution in [-0.2, 0) is 4.79 Å². The zero-order chi connectivity index (χ0) is 13.2. The van der Waals surface area contributed by atoms with Gasteiger partial charge < -0.3 is 5.11 Å². The number of carbonyl (C=O) groups excluding carboxylic acids is 1. The summed E-state index contributed by atoms with van der Waals surface area (Å²) in [6, 6.07) is 0. The number of allylic oxidation sites excluding steroid dienone is 2. The molecule has 2 unspecified atom stereocenters. The maximum absolute atomic E-state index is 12.1. The van der Waals surface area contributed by atoms with E-state index in [1.807, 2.05) is 20.8 Å². The smallest absolute Gasteiger partial charge is 0.142 e. The third kappa shape index (κ3) is 3.95. The molecule has 0 radical (unpaired) electrons. The largest absolute Gasteiger partial charge is 0.392 e. The first-order valence-electron chi connectivity index (χ1n) is 6.63. The van der Waals surface area contributed by atoms with E-state index in [1.54, 1.807) is 0 Å². The molecule has 0 spiro atoms. The first kappa shape index (κ1) is 14.4. The lowest BCUT2D eigenvalue weighted by molar-refractivity contribution is -0.124. The van der Waals surface area contributed by atoms with E-state index in [1.165, 1.54) is 5.57 Å². The average Bonchev–Trinajstić information content (AvgIpc) is 2.15. The van der Waals surface area contributed by atoms with Gasteiger partial charge in [-0.3, -0.25) is 4.79 Å². The molecule has 1 rings (SSSR count). The van der Waals surface area contributed by atoms with Gasteiger partial charge in [-0.1, -0.05) is 39.3 Å². The average molecular weight is 238 g/mol. The lowest BCUT2D eigenvalue weighted by Crippen LogP contribution is -2.28. The van der Waals surface area contributed by atoms with Crippen LogP contribution in [0.4, 0.5) is 0 Å². The highest BCUT2D eigenvalue weighted by Crippen LogP contribution is 2.37. The van der Waals surface area contributed by atoms with Gasteiger partial charge in [-0.25, -0.2) is 0 Å². The highest BCUT2D eigenvalue weighted by molar-refractivity contribution is 5.84. The molecule has 0 bridgehead atoms. The Hall–Kier alpha value is -0.630. The zero-order valence-corrected chi connectivity index (χ0v) is 11.8. The van der Waals surface area contributed by atoms with Gasteiger partial charge in [0, 0.05) is 12.3 Å². The highest BCUT2D eigenvalue weighted by Gasteiger charge is 2.30. The van der Waals surface area contributed by atoms with Crippen molar-refractivity contribution >= 4 is 5.78 Å². The summed E-state index contributed by atoms with van der Waals surface area (Å²) in [4.78, 5) is 12.1. The molecule has 0 aromatic rings. The second kappa shape index (κ2) is 5.34. The van der Waals surface area contributed by atoms with Gasteiger partial charge in [0.05, 0.1) is 6.10 Å². The standard InChI is InChI=1S/C15H26O2/c1-10(2)13(16)8-14(17)12-6-7-15(4,5)9-11(12)3/h9-10,12-13,16H,6-8H2,1-5H3. The third-order valence-electron chi connectivity index (χ3n) is 3.81. The molecule has 1 aliphatic rings. The molecule has 2 atom stereocenters. The normalized spacial score (nSPS) is 25.6. The molecule has 0 aromatic carbocycles. The summed E-state index contributed by atoms with van der Waals surface area (Å²) in [7, 11) is 0. The van der Waals surface area contributed by atoms with E-state index in [0.717, 1.165) is 12.8 Å². The van der Waals surface area contributed by atoms with Crippen LogP contribution in [0.2, 0.25) is 0 Å². The number of carbonyl (C=O) groups is 1. The summed E-state index contributed by atoms with van der Waals surface area (Å²) in [5.74, 6) is 0.398. The van der Waals surface area contributed by atoms with E-state index >= 15 is 0 Å². The van der Waals surface area contributed by atoms with Crippen molar-refractivity contribution in [2.24, 2.45) is 17.3 Å². The topological polar surface area (TPSA) is 37.3 Å². The SMILES string of the molecule is CC1=CC(C)(C)CCC1C(=O)CC(O)C(C)C. The first-order valence-corrected chi connectivity index (χ1v) is 6.63. The molecule has 2 heteroatoms. The quantitative estimate of drug-likeness (QED) is 0.763. The van der Waals surface area contributed by atoms with Crippen LogP contribution in [-0.4, -0.2) is 17.0 Å². The number of aliphatic hydroxyl groups is 1. The second-order valence-corrected chi connectivity index (χ2v) is 6.45. The minimum atomic E-state index is -0.495. The van der Waals surface area contributed by atoms with Gasteiger partial charge in [0.1, 0.15) is 5.78 Å². The van der Waals surface area contributed by atoms with E-state index < -0.39 is 6.10 Å². The van der Waals surface area contributed by atoms with E-state index in [9.17, 15) is 9.90 Å². The Bertz CT molecular complexity index is 313. The predicted octanol–water partition coefficient (Wildman–Crippen LogP) is 3.35. The van der Waals surface area contributed by atoms with Crippen LogP contribution in [0.1, 0.15) is 53.9 Å². The Morgan fingerprint density at radius 3 is 2.59 bits per heavy atom. The van der Waals surface area contributed by atoms with E-state index in [4.69, 9.17) is 0 Å². The Balaban J connectivity index is 2.66. The molecule has 1 N–H and O–H groups in total. The molecule has 2 nitrogen and oxygen atoms in total. The van der Waals surface area contributed by atoms with Crippen molar-refractivity contribution in [3.8, 4) is 0 Å². The van der Waals surface area contributed by atoms with Crippen molar-refractivity contribution < 1.29 is 9.90 Å². The highest BCUT2D eigenvalue weighted by atomic mass is 16.3. The molecule has 0 aliphatic heterocycles. The fourth-order valence-corrected chi connectivity index (χ4v) is 2.53. The van der Waals surface area contributed by atoms with Gasteiger partial charge in [-0.2, -0.15) is 0 Å². The number of hydrogen-bond donors (Lipinski definition) is 1. The van der Waals surface area contributed by atoms with Crippen LogP contribution in [0.5, 0.6) is 0 Å². The van der Waals surface area contributed by atoms with Crippen molar-refractivity contribution in [3.63, 3.8) is 0 Å². The van der Waals surface area contributed by atoms with Gasteiger partial charge >= 0.3 is 0 Å². The number of ketones is 1. The molecular formula is C15H26O2. The Kier molecular flexibility index (Phi) is 4.54. The van der Waals surface area contributed by atoms with Crippen LogP contribution in [0.25, 0.3) is 0 Å². The number of aliphatic hydroxyl groups excluding tert-OH is 1. The fourth-order valence-electron chi connectivity index (χ4n) is 2.53. The van der Waals surface area contributed by atoms with Crippen LogP contribution < -0.4 is 0 Å². The molecule has 0 fully saturated rings. The molecule has 17 heavy (non-hydrogen) atoms. The van der Waals surface area contributed by atoms with Crippen molar-refractivity contribution in [1.82, 2.24) is 0 Å². The van der Waals surface area contributed by atoms with Crippen molar-refractivity contribution in [2.75, 3.05) is 0 Å². The van der Waals surface area contributed by atoms with Crippen molar-refractivity contribution in [2.45, 2.75) is 60.0 Å². The number of hydrogen-bond acceptors (Lipinski definition) is 2. The third-order valence-corrected chi connectivity index (χ3v) is 3.81. The molecule has 1 aliphatic carbocycles. The lowest BCUT2D eigenvalue weighted by atomic mass is 9.73. The van der Waals surface area contributed by atoms with Gasteiger partial charge in [0.2, 0.25) is 0 Å². The summed E-state index contributed by atoms with van der Waals surface area (Å²) in [6.07, 6.45) is 4.01. The molecule has 98 valence electrons. The van der Waals surface area contributed by atoms with Crippen LogP contribution in [0.15, 0.2) is 11.6 Å². The summed E-state index contributed by atoms with van der Waals surface area (Å²) in [5.41, 5.74) is 1.40. The fraction of sp³-hybridized carbons (Fsp3) is 0.800. The zero-order valence-electron chi connectivity index (χ0n) is 11.8. The summed E-state index contributed by atoms with van der Waals surface area (Å²) < 4.78 is 0. The predicted molar refractivity (Wildman–Crippen MR) is 70.7 cm³/mol. The van der Waals surface area contributed by atoms with Crippen molar-refractivity contribution in [3.05, 3.63) is 11.6 Å². The van der Waals surface area contributed by atoms with Crippen LogP contribution in [0, 0.1) is 17.3 Å². The molecule has 0 saturated carbocycles. The molecule has 0 heterocycles. The van der Waals surface area contributed by atoms with Gasteiger partial charge in [0.15, 0.2) is 0 Å².